The first-order chi connectivity index (χ1) is 21.0. The van der Waals surface area contributed by atoms with Crippen molar-refractivity contribution in [3.05, 3.63) is 82.7 Å². The Hall–Kier alpha value is -2.68. The molecule has 2 aromatic carbocycles. The van der Waals surface area contributed by atoms with Gasteiger partial charge in [-0.2, -0.15) is 0 Å². The number of halogens is 2. The number of hydrogen-bond donors (Lipinski definition) is 2. The number of carbonyl (C=O) groups is 1. The Balaban J connectivity index is 0.00000104. The summed E-state index contributed by atoms with van der Waals surface area (Å²) in [5.41, 5.74) is 3.83. The molecule has 0 aromatic heterocycles. The van der Waals surface area contributed by atoms with Crippen LogP contribution in [0.5, 0.6) is 5.75 Å². The number of benzene rings is 2. The smallest absolute Gasteiger partial charge is 0.263 e. The molecule has 7 unspecified atom stereocenters. The van der Waals surface area contributed by atoms with Crippen molar-refractivity contribution in [1.29, 1.82) is 0 Å². The van der Waals surface area contributed by atoms with Gasteiger partial charge < -0.3 is 14.7 Å². The van der Waals surface area contributed by atoms with E-state index in [2.05, 4.69) is 35.3 Å². The second-order valence-corrected chi connectivity index (χ2v) is 14.4. The van der Waals surface area contributed by atoms with Gasteiger partial charge in [0.25, 0.3) is 5.91 Å². The van der Waals surface area contributed by atoms with E-state index in [-0.39, 0.29) is 34.7 Å². The predicted molar refractivity (Wildman–Crippen MR) is 178 cm³/mol. The molecular formula is C35H46ClFN2O4S. The van der Waals surface area contributed by atoms with E-state index in [1.807, 2.05) is 44.2 Å². The molecule has 2 N–H and O–H groups in total. The maximum Gasteiger partial charge on any atom is 0.263 e. The van der Waals surface area contributed by atoms with Gasteiger partial charge >= 0.3 is 0 Å². The molecule has 44 heavy (non-hydrogen) atoms. The number of carbonyl (C=O) groups excluding carboxylic acids is 1. The predicted octanol–water partition coefficient (Wildman–Crippen LogP) is 7.53. The normalized spacial score (nSPS) is 29.4. The number of nitrogens with one attached hydrogen (secondary N) is 1. The number of allylic oxidation sites excluding steroid dienone is 2. The van der Waals surface area contributed by atoms with E-state index in [0.29, 0.717) is 24.5 Å². The standard InChI is InChI=1S/C32H41ClN2O4S.C3H5F/c1-4-6-22-15-26(33)11-13-27(22)25-18-35-17-24-9-12-28(24)30(36)8-5-7-20(2)21(3)40(38)34-32(37)23-10-14-31(39-19-25)29(35)16-23;1-3(2)4/h5,8,10-11,13-16,20-21,24-25,28,30,36H,4,6-7,9,12,17-19H2,1-3H3,(H,34,37);1H2,2H3/b8-5+;. The number of anilines is 1. The first-order valence-corrected chi connectivity index (χ1v) is 17.2. The number of amides is 1. The summed E-state index contributed by atoms with van der Waals surface area (Å²) in [6.45, 7) is 12.3. The summed E-state index contributed by atoms with van der Waals surface area (Å²) in [7, 11) is -1.53. The molecule has 0 saturated heterocycles. The fraction of sp³-hybridized carbons (Fsp3) is 0.514. The van der Waals surface area contributed by atoms with Crippen LogP contribution in [-0.4, -0.2) is 46.3 Å². The van der Waals surface area contributed by atoms with Crippen molar-refractivity contribution >= 4 is 34.2 Å². The van der Waals surface area contributed by atoms with Crippen LogP contribution in [0.2, 0.25) is 5.02 Å². The molecule has 1 aliphatic carbocycles. The highest BCUT2D eigenvalue weighted by Gasteiger charge is 2.38. The quantitative estimate of drug-likeness (QED) is 0.338. The summed E-state index contributed by atoms with van der Waals surface area (Å²) in [6.07, 6.45) is 8.14. The summed E-state index contributed by atoms with van der Waals surface area (Å²) in [5, 5.41) is 11.6. The van der Waals surface area contributed by atoms with Gasteiger partial charge in [-0.05, 0) is 98.7 Å². The number of aliphatic hydroxyl groups is 1. The number of aryl methyl sites for hydroxylation is 1. The van der Waals surface area contributed by atoms with Crippen molar-refractivity contribution in [2.24, 2.45) is 17.8 Å². The lowest BCUT2D eigenvalue weighted by Gasteiger charge is -2.42. The maximum absolute atomic E-state index is 13.2. The van der Waals surface area contributed by atoms with Gasteiger partial charge in [-0.1, -0.05) is 56.7 Å². The summed E-state index contributed by atoms with van der Waals surface area (Å²) < 4.78 is 32.9. The van der Waals surface area contributed by atoms with Gasteiger partial charge in [-0.3, -0.25) is 9.52 Å². The second-order valence-electron chi connectivity index (χ2n) is 12.4. The number of aliphatic hydroxyl groups excluding tert-OH is 1. The fourth-order valence-electron chi connectivity index (χ4n) is 6.23. The molecule has 1 saturated carbocycles. The number of fused-ring (bicyclic) bond motifs is 2. The molecule has 0 radical (unpaired) electrons. The topological polar surface area (TPSA) is 78.9 Å². The molecule has 9 heteroatoms. The molecule has 240 valence electrons. The number of nitrogens with zero attached hydrogens (tertiary/aromatic N) is 1. The van der Waals surface area contributed by atoms with E-state index in [1.165, 1.54) is 18.1 Å². The zero-order valence-electron chi connectivity index (χ0n) is 26.2. The first kappa shape index (κ1) is 34.2. The Morgan fingerprint density at radius 2 is 1.95 bits per heavy atom. The zero-order chi connectivity index (χ0) is 32.0. The van der Waals surface area contributed by atoms with Crippen LogP contribution in [0.3, 0.4) is 0 Å². The third-order valence-corrected chi connectivity index (χ3v) is 10.8. The molecule has 1 fully saturated rings. The minimum Gasteiger partial charge on any atom is -0.491 e. The van der Waals surface area contributed by atoms with Crippen LogP contribution in [0.15, 0.2) is 61.0 Å². The summed E-state index contributed by atoms with van der Waals surface area (Å²) in [4.78, 5) is 15.6. The van der Waals surface area contributed by atoms with Crippen LogP contribution in [-0.2, 0) is 17.4 Å². The highest BCUT2D eigenvalue weighted by atomic mass is 35.5. The van der Waals surface area contributed by atoms with Crippen molar-refractivity contribution in [2.75, 3.05) is 24.6 Å². The number of ether oxygens (including phenoxy) is 1. The summed E-state index contributed by atoms with van der Waals surface area (Å²) in [5.74, 6) is 0.796. The summed E-state index contributed by atoms with van der Waals surface area (Å²) in [6, 6.07) is 11.7. The third-order valence-electron chi connectivity index (χ3n) is 9.05. The van der Waals surface area contributed by atoms with Crippen molar-refractivity contribution < 1.29 is 23.2 Å². The molecule has 7 atom stereocenters. The molecule has 0 spiro atoms. The zero-order valence-corrected chi connectivity index (χ0v) is 27.8. The van der Waals surface area contributed by atoms with Gasteiger partial charge in [0.2, 0.25) is 0 Å². The Morgan fingerprint density at radius 3 is 2.64 bits per heavy atom. The molecular weight excluding hydrogens is 599 g/mol. The molecule has 3 aliphatic rings. The molecule has 2 heterocycles. The molecule has 2 aliphatic heterocycles. The molecule has 2 aromatic rings. The van der Waals surface area contributed by atoms with Crippen LogP contribution in [0, 0.1) is 17.8 Å². The van der Waals surface area contributed by atoms with Crippen molar-refractivity contribution in [2.45, 2.75) is 77.1 Å². The lowest BCUT2D eigenvalue weighted by molar-refractivity contribution is 0.0461. The van der Waals surface area contributed by atoms with Gasteiger partial charge in [0.05, 0.1) is 29.5 Å². The van der Waals surface area contributed by atoms with Crippen LogP contribution >= 0.6 is 11.6 Å². The van der Waals surface area contributed by atoms with Gasteiger partial charge in [-0.25, -0.2) is 8.60 Å². The van der Waals surface area contributed by atoms with E-state index < -0.39 is 17.1 Å². The number of rotatable bonds is 3. The number of hydrogen-bond acceptors (Lipinski definition) is 5. The van der Waals surface area contributed by atoms with Crippen LogP contribution < -0.4 is 14.4 Å². The first-order valence-electron chi connectivity index (χ1n) is 15.7. The molecule has 1 amide bonds. The van der Waals surface area contributed by atoms with Gasteiger partial charge in [0.1, 0.15) is 16.7 Å². The largest absolute Gasteiger partial charge is 0.491 e. The molecule has 5 rings (SSSR count). The van der Waals surface area contributed by atoms with E-state index in [1.54, 1.807) is 6.07 Å². The fourth-order valence-corrected chi connectivity index (χ4v) is 7.44. The molecule has 6 nitrogen and oxygen atoms in total. The Bertz CT molecular complexity index is 1380. The minimum absolute atomic E-state index is 0.0908. The Labute approximate surface area is 269 Å². The van der Waals surface area contributed by atoms with Crippen LogP contribution in [0.25, 0.3) is 0 Å². The Kier molecular flexibility index (Phi) is 12.1. The highest BCUT2D eigenvalue weighted by Crippen LogP contribution is 2.42. The monoisotopic (exact) mass is 644 g/mol. The minimum atomic E-state index is -1.53. The molecule has 2 bridgehead atoms. The van der Waals surface area contributed by atoms with Crippen molar-refractivity contribution in [1.82, 2.24) is 4.72 Å². The van der Waals surface area contributed by atoms with E-state index in [0.717, 1.165) is 55.2 Å². The lowest BCUT2D eigenvalue weighted by Crippen LogP contribution is -2.44. The van der Waals surface area contributed by atoms with Crippen molar-refractivity contribution in [3.63, 3.8) is 0 Å². The van der Waals surface area contributed by atoms with Gasteiger partial charge in [-0.15, -0.1) is 0 Å². The average Bonchev–Trinajstić information content (AvgIpc) is 3.13. The maximum atomic E-state index is 13.2. The van der Waals surface area contributed by atoms with Crippen molar-refractivity contribution in [3.8, 4) is 5.75 Å². The SMILES string of the molecule is C=C(C)F.CCCc1cc(Cl)ccc1C1COc2ccc3cc2N(C1)CC1CCC1C(O)/C=C/CC(C)C(C)S(=O)NC3=O. The highest BCUT2D eigenvalue weighted by molar-refractivity contribution is 7.84. The van der Waals surface area contributed by atoms with Crippen LogP contribution in [0.1, 0.15) is 80.8 Å². The average molecular weight is 645 g/mol. The second kappa shape index (κ2) is 15.5. The van der Waals surface area contributed by atoms with Crippen LogP contribution in [0.4, 0.5) is 10.1 Å². The lowest BCUT2D eigenvalue weighted by atomic mass is 9.70. The summed E-state index contributed by atoms with van der Waals surface area (Å²) >= 11 is 6.38. The third kappa shape index (κ3) is 8.52. The van der Waals surface area contributed by atoms with Gasteiger partial charge in [0, 0.05) is 29.6 Å². The van der Waals surface area contributed by atoms with Gasteiger partial charge in [0.15, 0.2) is 0 Å². The Morgan fingerprint density at radius 1 is 1.20 bits per heavy atom. The van der Waals surface area contributed by atoms with E-state index in [4.69, 9.17) is 16.3 Å². The van der Waals surface area contributed by atoms with E-state index >= 15 is 0 Å². The van der Waals surface area contributed by atoms with E-state index in [9.17, 15) is 18.5 Å².